The van der Waals surface area contributed by atoms with E-state index in [2.05, 4.69) is 6.07 Å². The van der Waals surface area contributed by atoms with Gasteiger partial charge in [-0.15, -0.1) is 0 Å². The summed E-state index contributed by atoms with van der Waals surface area (Å²) in [7, 11) is 0. The van der Waals surface area contributed by atoms with Crippen molar-refractivity contribution in [3.63, 3.8) is 0 Å². The number of nitriles is 1. The molecule has 0 spiro atoms. The van der Waals surface area contributed by atoms with Crippen molar-refractivity contribution >= 4 is 5.78 Å². The molecule has 0 aromatic heterocycles. The van der Waals surface area contributed by atoms with Crippen molar-refractivity contribution in [2.24, 2.45) is 5.41 Å². The van der Waals surface area contributed by atoms with Gasteiger partial charge in [-0.05, 0) is 19.3 Å². The summed E-state index contributed by atoms with van der Waals surface area (Å²) in [6.07, 6.45) is 5.75. The Morgan fingerprint density at radius 1 is 1.62 bits per heavy atom. The van der Waals surface area contributed by atoms with Crippen LogP contribution in [0.5, 0.6) is 0 Å². The van der Waals surface area contributed by atoms with E-state index in [1.54, 1.807) is 12.2 Å². The van der Waals surface area contributed by atoms with Gasteiger partial charge in [-0.1, -0.05) is 12.2 Å². The van der Waals surface area contributed by atoms with Crippen molar-refractivity contribution in [2.45, 2.75) is 25.7 Å². The van der Waals surface area contributed by atoms with Gasteiger partial charge in [0.15, 0.2) is 5.78 Å². The fourth-order valence-electron chi connectivity index (χ4n) is 1.67. The molecule has 70 valence electrons. The number of carbonyl (C=O) groups excluding carboxylic acids is 1. The van der Waals surface area contributed by atoms with Crippen LogP contribution in [0.2, 0.25) is 0 Å². The van der Waals surface area contributed by atoms with Crippen LogP contribution < -0.4 is 0 Å². The SMILES string of the molecule is N#C[C@@]1(C/C=C/CO)CCCC1=O. The first-order valence-electron chi connectivity index (χ1n) is 4.45. The number of Topliss-reactive ketones (excluding diaryl/α,β-unsaturated/α-hetero) is 1. The fourth-order valence-corrected chi connectivity index (χ4v) is 1.67. The zero-order valence-electron chi connectivity index (χ0n) is 7.49. The molecule has 1 N–H and O–H groups in total. The van der Waals surface area contributed by atoms with Crippen molar-refractivity contribution in [3.8, 4) is 6.07 Å². The van der Waals surface area contributed by atoms with E-state index in [0.29, 0.717) is 19.3 Å². The Labute approximate surface area is 77.7 Å². The van der Waals surface area contributed by atoms with E-state index in [-0.39, 0.29) is 12.4 Å². The summed E-state index contributed by atoms with van der Waals surface area (Å²) in [6.45, 7) is -0.0320. The number of aliphatic hydroxyl groups is 1. The highest BCUT2D eigenvalue weighted by Gasteiger charge is 2.40. The monoisotopic (exact) mass is 179 g/mol. The van der Waals surface area contributed by atoms with Gasteiger partial charge in [-0.2, -0.15) is 5.26 Å². The predicted octanol–water partition coefficient (Wildman–Crippen LogP) is 1.19. The maximum Gasteiger partial charge on any atom is 0.153 e. The van der Waals surface area contributed by atoms with Crippen LogP contribution in [0.1, 0.15) is 25.7 Å². The van der Waals surface area contributed by atoms with Crippen molar-refractivity contribution in [1.82, 2.24) is 0 Å². The van der Waals surface area contributed by atoms with Gasteiger partial charge in [0.05, 0.1) is 12.7 Å². The van der Waals surface area contributed by atoms with Crippen molar-refractivity contribution in [1.29, 1.82) is 5.26 Å². The summed E-state index contributed by atoms with van der Waals surface area (Å²) in [5, 5.41) is 17.4. The minimum Gasteiger partial charge on any atom is -0.392 e. The van der Waals surface area contributed by atoms with Gasteiger partial charge >= 0.3 is 0 Å². The molecule has 0 saturated heterocycles. The first kappa shape index (κ1) is 9.94. The summed E-state index contributed by atoms with van der Waals surface area (Å²) in [5.41, 5.74) is -0.786. The molecule has 3 nitrogen and oxygen atoms in total. The fraction of sp³-hybridized carbons (Fsp3) is 0.600. The normalized spacial score (nSPS) is 28.2. The lowest BCUT2D eigenvalue weighted by atomic mass is 9.83. The lowest BCUT2D eigenvalue weighted by molar-refractivity contribution is -0.123. The largest absolute Gasteiger partial charge is 0.392 e. The van der Waals surface area contributed by atoms with Crippen molar-refractivity contribution in [2.75, 3.05) is 6.61 Å². The van der Waals surface area contributed by atoms with E-state index >= 15 is 0 Å². The predicted molar refractivity (Wildman–Crippen MR) is 47.7 cm³/mol. The summed E-state index contributed by atoms with van der Waals surface area (Å²) < 4.78 is 0. The summed E-state index contributed by atoms with van der Waals surface area (Å²) in [4.78, 5) is 11.4. The molecule has 0 aromatic carbocycles. The van der Waals surface area contributed by atoms with Gasteiger partial charge < -0.3 is 5.11 Å². The van der Waals surface area contributed by atoms with Crippen LogP contribution in [0.25, 0.3) is 0 Å². The average molecular weight is 179 g/mol. The zero-order chi connectivity index (χ0) is 9.73. The van der Waals surface area contributed by atoms with Crippen molar-refractivity contribution < 1.29 is 9.90 Å². The number of allylic oxidation sites excluding steroid dienone is 1. The maximum absolute atomic E-state index is 11.4. The lowest BCUT2D eigenvalue weighted by Crippen LogP contribution is -2.22. The quantitative estimate of drug-likeness (QED) is 0.662. The minimum absolute atomic E-state index is 0.0320. The topological polar surface area (TPSA) is 61.1 Å². The maximum atomic E-state index is 11.4. The number of rotatable bonds is 3. The molecule has 1 aliphatic rings. The van der Waals surface area contributed by atoms with Gasteiger partial charge in [0.1, 0.15) is 5.41 Å². The number of carbonyl (C=O) groups is 1. The molecule has 1 rings (SSSR count). The Bertz CT molecular complexity index is 265. The highest BCUT2D eigenvalue weighted by molar-refractivity contribution is 5.89. The van der Waals surface area contributed by atoms with Crippen LogP contribution >= 0.6 is 0 Å². The number of hydrogen-bond acceptors (Lipinski definition) is 3. The van der Waals surface area contributed by atoms with E-state index in [9.17, 15) is 4.79 Å². The third-order valence-electron chi connectivity index (χ3n) is 2.49. The molecular formula is C10H13NO2. The second-order valence-electron chi connectivity index (χ2n) is 3.33. The molecule has 0 amide bonds. The molecule has 1 atom stereocenters. The number of aliphatic hydroxyl groups excluding tert-OH is 1. The van der Waals surface area contributed by atoms with Gasteiger partial charge in [-0.3, -0.25) is 4.79 Å². The molecule has 1 fully saturated rings. The van der Waals surface area contributed by atoms with Gasteiger partial charge in [0.25, 0.3) is 0 Å². The zero-order valence-corrected chi connectivity index (χ0v) is 7.49. The lowest BCUT2D eigenvalue weighted by Gasteiger charge is -2.15. The van der Waals surface area contributed by atoms with Crippen LogP contribution in [-0.4, -0.2) is 17.5 Å². The van der Waals surface area contributed by atoms with Gasteiger partial charge in [0.2, 0.25) is 0 Å². The van der Waals surface area contributed by atoms with Crippen LogP contribution in [0.3, 0.4) is 0 Å². The molecule has 1 saturated carbocycles. The average Bonchev–Trinajstić information content (AvgIpc) is 2.49. The van der Waals surface area contributed by atoms with Crippen LogP contribution in [0, 0.1) is 16.7 Å². The Kier molecular flexibility index (Phi) is 3.21. The summed E-state index contributed by atoms with van der Waals surface area (Å²) in [6, 6.07) is 2.10. The molecule has 1 aliphatic carbocycles. The first-order valence-corrected chi connectivity index (χ1v) is 4.45. The Morgan fingerprint density at radius 2 is 2.38 bits per heavy atom. The number of ketones is 1. The molecular weight excluding hydrogens is 166 g/mol. The molecule has 13 heavy (non-hydrogen) atoms. The third kappa shape index (κ3) is 1.96. The minimum atomic E-state index is -0.786. The third-order valence-corrected chi connectivity index (χ3v) is 2.49. The van der Waals surface area contributed by atoms with E-state index < -0.39 is 5.41 Å². The van der Waals surface area contributed by atoms with Crippen molar-refractivity contribution in [3.05, 3.63) is 12.2 Å². The smallest absolute Gasteiger partial charge is 0.153 e. The Hall–Kier alpha value is -1.14. The Balaban J connectivity index is 2.66. The molecule has 0 aliphatic heterocycles. The molecule has 0 aromatic rings. The second-order valence-corrected chi connectivity index (χ2v) is 3.33. The summed E-state index contributed by atoms with van der Waals surface area (Å²) >= 11 is 0. The van der Waals surface area contributed by atoms with E-state index in [1.165, 1.54) is 0 Å². The van der Waals surface area contributed by atoms with E-state index in [1.807, 2.05) is 0 Å². The Morgan fingerprint density at radius 3 is 2.85 bits per heavy atom. The molecule has 0 radical (unpaired) electrons. The van der Waals surface area contributed by atoms with Gasteiger partial charge in [0, 0.05) is 6.42 Å². The van der Waals surface area contributed by atoms with Crippen LogP contribution in [0.4, 0.5) is 0 Å². The first-order chi connectivity index (χ1) is 6.25. The van der Waals surface area contributed by atoms with Crippen LogP contribution in [0.15, 0.2) is 12.2 Å². The van der Waals surface area contributed by atoms with E-state index in [4.69, 9.17) is 10.4 Å². The van der Waals surface area contributed by atoms with Gasteiger partial charge in [-0.25, -0.2) is 0 Å². The van der Waals surface area contributed by atoms with Crippen LogP contribution in [-0.2, 0) is 4.79 Å². The highest BCUT2D eigenvalue weighted by Crippen LogP contribution is 2.37. The second kappa shape index (κ2) is 4.20. The molecule has 0 bridgehead atoms. The molecule has 0 unspecified atom stereocenters. The molecule has 0 heterocycles. The number of nitrogens with zero attached hydrogens (tertiary/aromatic N) is 1. The summed E-state index contributed by atoms with van der Waals surface area (Å²) in [5.74, 6) is 0.0533. The highest BCUT2D eigenvalue weighted by atomic mass is 16.2. The molecule has 3 heteroatoms. The number of hydrogen-bond donors (Lipinski definition) is 1. The van der Waals surface area contributed by atoms with E-state index in [0.717, 1.165) is 6.42 Å². The standard InChI is InChI=1S/C10H13NO2/c11-8-10(5-1-2-7-12)6-3-4-9(10)13/h1-2,12H,3-7H2/b2-1+/t10-/m1/s1.